The zero-order chi connectivity index (χ0) is 12.4. The van der Waals surface area contributed by atoms with Crippen LogP contribution in [0.4, 0.5) is 0 Å². The van der Waals surface area contributed by atoms with Crippen molar-refractivity contribution in [3.05, 3.63) is 40.2 Å². The van der Waals surface area contributed by atoms with E-state index in [4.69, 9.17) is 0 Å². The Hall–Kier alpha value is -1.77. The van der Waals surface area contributed by atoms with Crippen LogP contribution in [0.5, 0.6) is 5.75 Å². The molecule has 1 N–H and O–H groups in total. The smallest absolute Gasteiger partial charge is 0.257 e. The molecule has 1 aromatic carbocycles. The van der Waals surface area contributed by atoms with Crippen LogP contribution in [0, 0.1) is 0 Å². The lowest BCUT2D eigenvalue weighted by molar-refractivity contribution is 0.470. The van der Waals surface area contributed by atoms with E-state index >= 15 is 0 Å². The number of aryl methyl sites for hydroxylation is 1. The second-order valence-corrected chi connectivity index (χ2v) is 4.31. The second-order valence-electron chi connectivity index (χ2n) is 4.31. The van der Waals surface area contributed by atoms with Gasteiger partial charge in [0.15, 0.2) is 0 Å². The molecule has 1 heterocycles. The van der Waals surface area contributed by atoms with Crippen molar-refractivity contribution in [1.29, 1.82) is 0 Å². The van der Waals surface area contributed by atoms with Gasteiger partial charge in [-0.15, -0.1) is 0 Å². The van der Waals surface area contributed by atoms with E-state index in [0.717, 1.165) is 23.7 Å². The van der Waals surface area contributed by atoms with Gasteiger partial charge >= 0.3 is 0 Å². The quantitative estimate of drug-likeness (QED) is 0.882. The maximum atomic E-state index is 12.1. The lowest BCUT2D eigenvalue weighted by atomic mass is 10.1. The minimum atomic E-state index is -0.0883. The second kappa shape index (κ2) is 4.62. The highest BCUT2D eigenvalue weighted by Crippen LogP contribution is 2.26. The first-order valence-corrected chi connectivity index (χ1v) is 5.96. The fraction of sp³-hybridized carbons (Fsp3) is 0.357. The van der Waals surface area contributed by atoms with Crippen molar-refractivity contribution in [2.75, 3.05) is 0 Å². The van der Waals surface area contributed by atoms with Gasteiger partial charge in [-0.05, 0) is 25.0 Å². The number of rotatable bonds is 3. The van der Waals surface area contributed by atoms with Crippen LogP contribution in [0.15, 0.2) is 29.1 Å². The molecule has 3 heteroatoms. The van der Waals surface area contributed by atoms with Gasteiger partial charge < -0.3 is 9.67 Å². The molecule has 0 bridgehead atoms. The first kappa shape index (κ1) is 11.7. The normalized spacial score (nSPS) is 10.9. The first-order valence-electron chi connectivity index (χ1n) is 5.96. The Morgan fingerprint density at radius 1 is 1.29 bits per heavy atom. The topological polar surface area (TPSA) is 42.2 Å². The highest BCUT2D eigenvalue weighted by atomic mass is 16.3. The molecular weight excluding hydrogens is 214 g/mol. The van der Waals surface area contributed by atoms with E-state index in [2.05, 4.69) is 6.92 Å². The Balaban J connectivity index is 2.73. The molecule has 0 radical (unpaired) electrons. The van der Waals surface area contributed by atoms with Crippen LogP contribution < -0.4 is 5.56 Å². The van der Waals surface area contributed by atoms with Crippen molar-refractivity contribution in [1.82, 2.24) is 4.57 Å². The number of benzene rings is 1. The molecule has 0 aliphatic heterocycles. The van der Waals surface area contributed by atoms with Gasteiger partial charge in [0.2, 0.25) is 0 Å². The van der Waals surface area contributed by atoms with Crippen LogP contribution in [-0.2, 0) is 13.5 Å². The van der Waals surface area contributed by atoms with Crippen LogP contribution in [0.25, 0.3) is 10.9 Å². The SMILES string of the molecule is CCCCc1c(O)c2ccccc2n(C)c1=O. The molecule has 2 rings (SSSR count). The van der Waals surface area contributed by atoms with E-state index in [1.54, 1.807) is 11.6 Å². The maximum absolute atomic E-state index is 12.1. The molecule has 90 valence electrons. The van der Waals surface area contributed by atoms with Gasteiger partial charge in [-0.2, -0.15) is 0 Å². The molecule has 0 spiro atoms. The summed E-state index contributed by atoms with van der Waals surface area (Å²) in [6.45, 7) is 2.07. The molecule has 0 unspecified atom stereocenters. The number of nitrogens with zero attached hydrogens (tertiary/aromatic N) is 1. The van der Waals surface area contributed by atoms with Crippen molar-refractivity contribution in [2.45, 2.75) is 26.2 Å². The van der Waals surface area contributed by atoms with Crippen LogP contribution in [0.2, 0.25) is 0 Å². The number of pyridine rings is 1. The maximum Gasteiger partial charge on any atom is 0.257 e. The molecule has 0 fully saturated rings. The molecule has 0 atom stereocenters. The van der Waals surface area contributed by atoms with E-state index in [1.165, 1.54) is 0 Å². The van der Waals surface area contributed by atoms with Crippen LogP contribution in [0.3, 0.4) is 0 Å². The molecule has 1 aromatic heterocycles. The summed E-state index contributed by atoms with van der Waals surface area (Å²) in [4.78, 5) is 12.1. The van der Waals surface area contributed by atoms with E-state index in [-0.39, 0.29) is 11.3 Å². The summed E-state index contributed by atoms with van der Waals surface area (Å²) in [6.07, 6.45) is 2.57. The average Bonchev–Trinajstić information content (AvgIpc) is 2.36. The molecular formula is C14H17NO2. The lowest BCUT2D eigenvalue weighted by Crippen LogP contribution is -2.21. The van der Waals surface area contributed by atoms with Gasteiger partial charge in [0.25, 0.3) is 5.56 Å². The average molecular weight is 231 g/mol. The van der Waals surface area contributed by atoms with Crippen LogP contribution >= 0.6 is 0 Å². The molecule has 3 nitrogen and oxygen atoms in total. The Morgan fingerprint density at radius 3 is 2.71 bits per heavy atom. The standard InChI is InChI=1S/C14H17NO2/c1-3-4-7-11-13(16)10-8-5-6-9-12(10)15(2)14(11)17/h5-6,8-9,16H,3-4,7H2,1-2H3. The summed E-state index contributed by atoms with van der Waals surface area (Å²) in [6, 6.07) is 7.43. The summed E-state index contributed by atoms with van der Waals surface area (Å²) >= 11 is 0. The zero-order valence-corrected chi connectivity index (χ0v) is 10.2. The minimum absolute atomic E-state index is 0.0883. The highest BCUT2D eigenvalue weighted by Gasteiger charge is 2.13. The summed E-state index contributed by atoms with van der Waals surface area (Å²) in [5.41, 5.74) is 1.22. The lowest BCUT2D eigenvalue weighted by Gasteiger charge is -2.11. The molecule has 2 aromatic rings. The van der Waals surface area contributed by atoms with Crippen molar-refractivity contribution < 1.29 is 5.11 Å². The minimum Gasteiger partial charge on any atom is -0.507 e. The molecule has 0 saturated carbocycles. The number of aromatic hydroxyl groups is 1. The summed E-state index contributed by atoms with van der Waals surface area (Å²) in [5, 5.41) is 10.9. The third kappa shape index (κ3) is 1.93. The summed E-state index contributed by atoms with van der Waals surface area (Å²) in [5.74, 6) is 0.150. The fourth-order valence-electron chi connectivity index (χ4n) is 2.12. The monoisotopic (exact) mass is 231 g/mol. The Kier molecular flexibility index (Phi) is 3.18. The molecule has 0 aliphatic carbocycles. The molecule has 17 heavy (non-hydrogen) atoms. The number of para-hydroxylation sites is 1. The van der Waals surface area contributed by atoms with Crippen molar-refractivity contribution >= 4 is 10.9 Å². The number of fused-ring (bicyclic) bond motifs is 1. The van der Waals surface area contributed by atoms with Crippen molar-refractivity contribution in [3.63, 3.8) is 0 Å². The predicted octanol–water partition coefficient (Wildman–Crippen LogP) is 2.59. The summed E-state index contributed by atoms with van der Waals surface area (Å²) in [7, 11) is 1.75. The van der Waals surface area contributed by atoms with Gasteiger partial charge in [-0.3, -0.25) is 4.79 Å². The number of hydrogen-bond donors (Lipinski definition) is 1. The number of hydrogen-bond acceptors (Lipinski definition) is 2. The van der Waals surface area contributed by atoms with E-state index in [0.29, 0.717) is 12.0 Å². The predicted molar refractivity (Wildman–Crippen MR) is 69.5 cm³/mol. The van der Waals surface area contributed by atoms with Gasteiger partial charge in [0.1, 0.15) is 5.75 Å². The van der Waals surface area contributed by atoms with Gasteiger partial charge in [-0.25, -0.2) is 0 Å². The highest BCUT2D eigenvalue weighted by molar-refractivity contribution is 5.86. The summed E-state index contributed by atoms with van der Waals surface area (Å²) < 4.78 is 1.61. The van der Waals surface area contributed by atoms with E-state index < -0.39 is 0 Å². The van der Waals surface area contributed by atoms with Crippen molar-refractivity contribution in [2.24, 2.45) is 7.05 Å². The van der Waals surface area contributed by atoms with E-state index in [9.17, 15) is 9.90 Å². The Morgan fingerprint density at radius 2 is 2.00 bits per heavy atom. The molecule has 0 amide bonds. The molecule has 0 saturated heterocycles. The molecule has 0 aliphatic rings. The first-order chi connectivity index (χ1) is 8.16. The zero-order valence-electron chi connectivity index (χ0n) is 10.2. The number of unbranched alkanes of at least 4 members (excludes halogenated alkanes) is 1. The fourth-order valence-corrected chi connectivity index (χ4v) is 2.12. The van der Waals surface area contributed by atoms with E-state index in [1.807, 2.05) is 24.3 Å². The van der Waals surface area contributed by atoms with Gasteiger partial charge in [0, 0.05) is 12.4 Å². The third-order valence-electron chi connectivity index (χ3n) is 3.15. The largest absolute Gasteiger partial charge is 0.507 e. The van der Waals surface area contributed by atoms with Crippen LogP contribution in [0.1, 0.15) is 25.3 Å². The Labute approximate surface area is 100 Å². The van der Waals surface area contributed by atoms with Gasteiger partial charge in [-0.1, -0.05) is 25.5 Å². The number of aromatic nitrogens is 1. The van der Waals surface area contributed by atoms with Crippen LogP contribution in [-0.4, -0.2) is 9.67 Å². The van der Waals surface area contributed by atoms with Gasteiger partial charge in [0.05, 0.1) is 11.1 Å². The van der Waals surface area contributed by atoms with Crippen molar-refractivity contribution in [3.8, 4) is 5.75 Å². The third-order valence-corrected chi connectivity index (χ3v) is 3.15. The Bertz CT molecular complexity index is 599.